The van der Waals surface area contributed by atoms with Crippen molar-refractivity contribution in [2.24, 2.45) is 11.8 Å². The van der Waals surface area contributed by atoms with Gasteiger partial charge in [0.25, 0.3) is 0 Å². The van der Waals surface area contributed by atoms with Crippen LogP contribution in [0.5, 0.6) is 0 Å². The van der Waals surface area contributed by atoms with Crippen LogP contribution in [-0.2, 0) is 4.74 Å². The van der Waals surface area contributed by atoms with Crippen molar-refractivity contribution in [2.45, 2.75) is 67.2 Å². The molecular weight excluding hydrogens is 208 g/mol. The summed E-state index contributed by atoms with van der Waals surface area (Å²) in [5.74, 6) is 1.33. The van der Waals surface area contributed by atoms with Crippen LogP contribution in [0.15, 0.2) is 23.7 Å². The van der Waals surface area contributed by atoms with Gasteiger partial charge in [-0.15, -0.1) is 0 Å². The maximum atomic E-state index is 5.60. The molecule has 0 fully saturated rings. The molecule has 0 unspecified atom stereocenters. The summed E-state index contributed by atoms with van der Waals surface area (Å²) in [6.07, 6.45) is 8.61. The van der Waals surface area contributed by atoms with Crippen LogP contribution >= 0.6 is 0 Å². The molecule has 0 heterocycles. The number of ether oxygens (including phenoxy) is 1. The molecule has 0 aromatic carbocycles. The van der Waals surface area contributed by atoms with E-state index in [0.717, 1.165) is 0 Å². The van der Waals surface area contributed by atoms with Crippen molar-refractivity contribution in [2.75, 3.05) is 0 Å². The van der Waals surface area contributed by atoms with E-state index in [1.165, 1.54) is 36.8 Å². The van der Waals surface area contributed by atoms with Crippen molar-refractivity contribution < 1.29 is 4.74 Å². The highest BCUT2D eigenvalue weighted by atomic mass is 16.5. The molecule has 0 atom stereocenters. The molecule has 0 saturated heterocycles. The summed E-state index contributed by atoms with van der Waals surface area (Å²) in [6.45, 7) is 13.3. The molecule has 17 heavy (non-hydrogen) atoms. The first-order chi connectivity index (χ1) is 8.10. The molecule has 0 spiro atoms. The van der Waals surface area contributed by atoms with Crippen molar-refractivity contribution in [3.63, 3.8) is 0 Å². The van der Waals surface area contributed by atoms with E-state index in [9.17, 15) is 0 Å². The van der Waals surface area contributed by atoms with Gasteiger partial charge in [0.2, 0.25) is 0 Å². The second-order valence-electron chi connectivity index (χ2n) is 4.89. The Morgan fingerprint density at radius 3 is 1.29 bits per heavy atom. The van der Waals surface area contributed by atoms with E-state index in [1.54, 1.807) is 0 Å². The molecule has 1 nitrogen and oxygen atoms in total. The first-order valence-corrected chi connectivity index (χ1v) is 7.09. The lowest BCUT2D eigenvalue weighted by molar-refractivity contribution is 0.373. The molecule has 0 N–H and O–H groups in total. The van der Waals surface area contributed by atoms with Gasteiger partial charge < -0.3 is 4.74 Å². The van der Waals surface area contributed by atoms with Crippen LogP contribution < -0.4 is 0 Å². The van der Waals surface area contributed by atoms with Crippen LogP contribution in [0.2, 0.25) is 0 Å². The maximum Gasteiger partial charge on any atom is 0.0893 e. The van der Waals surface area contributed by atoms with E-state index in [-0.39, 0.29) is 0 Å². The predicted octanol–water partition coefficient (Wildman–Crippen LogP) is 5.68. The van der Waals surface area contributed by atoms with Gasteiger partial charge in [-0.2, -0.15) is 0 Å². The van der Waals surface area contributed by atoms with Gasteiger partial charge in [-0.25, -0.2) is 0 Å². The largest absolute Gasteiger partial charge is 0.473 e. The van der Waals surface area contributed by atoms with Crippen molar-refractivity contribution in [3.05, 3.63) is 23.7 Å². The molecule has 0 amide bonds. The standard InChI is InChI=1S/C16H30O/c1-7-15(8-2)13(5)11-17-12-14(6)16(9-3)10-4/h11-12,15-16H,7-10H2,1-6H3. The van der Waals surface area contributed by atoms with Crippen LogP contribution in [0.25, 0.3) is 0 Å². The third-order valence-electron chi connectivity index (χ3n) is 3.77. The van der Waals surface area contributed by atoms with Gasteiger partial charge in [-0.3, -0.25) is 0 Å². The van der Waals surface area contributed by atoms with E-state index >= 15 is 0 Å². The zero-order valence-electron chi connectivity index (χ0n) is 12.5. The van der Waals surface area contributed by atoms with Crippen LogP contribution in [0, 0.1) is 11.8 Å². The fourth-order valence-electron chi connectivity index (χ4n) is 2.31. The zero-order chi connectivity index (χ0) is 13.3. The molecule has 0 saturated carbocycles. The van der Waals surface area contributed by atoms with Crippen molar-refractivity contribution in [1.82, 2.24) is 0 Å². The van der Waals surface area contributed by atoms with E-state index in [4.69, 9.17) is 4.74 Å². The van der Waals surface area contributed by atoms with E-state index in [1.807, 2.05) is 12.5 Å². The predicted molar refractivity (Wildman–Crippen MR) is 76.7 cm³/mol. The van der Waals surface area contributed by atoms with Gasteiger partial charge >= 0.3 is 0 Å². The minimum absolute atomic E-state index is 0.664. The minimum Gasteiger partial charge on any atom is -0.473 e. The summed E-state index contributed by atoms with van der Waals surface area (Å²) in [5, 5.41) is 0. The van der Waals surface area contributed by atoms with Crippen molar-refractivity contribution in [1.29, 1.82) is 0 Å². The van der Waals surface area contributed by atoms with Crippen LogP contribution in [0.1, 0.15) is 67.2 Å². The summed E-state index contributed by atoms with van der Waals surface area (Å²) in [5.41, 5.74) is 2.70. The lowest BCUT2D eigenvalue weighted by Gasteiger charge is -2.14. The Kier molecular flexibility index (Phi) is 8.93. The number of hydrogen-bond acceptors (Lipinski definition) is 1. The van der Waals surface area contributed by atoms with Gasteiger partial charge in [0.05, 0.1) is 12.5 Å². The third-order valence-corrected chi connectivity index (χ3v) is 3.77. The highest BCUT2D eigenvalue weighted by molar-refractivity contribution is 5.03. The van der Waals surface area contributed by atoms with E-state index < -0.39 is 0 Å². The molecule has 0 aliphatic heterocycles. The molecule has 0 aromatic rings. The Balaban J connectivity index is 4.36. The fraction of sp³-hybridized carbons (Fsp3) is 0.750. The van der Waals surface area contributed by atoms with Crippen LogP contribution in [0.4, 0.5) is 0 Å². The quantitative estimate of drug-likeness (QED) is 0.494. The van der Waals surface area contributed by atoms with Crippen molar-refractivity contribution in [3.8, 4) is 0 Å². The fourth-order valence-corrected chi connectivity index (χ4v) is 2.31. The van der Waals surface area contributed by atoms with Crippen LogP contribution in [0.3, 0.4) is 0 Å². The molecule has 100 valence electrons. The average Bonchev–Trinajstić information content (AvgIpc) is 2.32. The summed E-state index contributed by atoms with van der Waals surface area (Å²) in [4.78, 5) is 0. The van der Waals surface area contributed by atoms with Gasteiger partial charge in [0, 0.05) is 0 Å². The molecule has 0 aromatic heterocycles. The van der Waals surface area contributed by atoms with Gasteiger partial charge in [-0.1, -0.05) is 27.7 Å². The Bertz CT molecular complexity index is 216. The Morgan fingerprint density at radius 2 is 1.06 bits per heavy atom. The lowest BCUT2D eigenvalue weighted by Crippen LogP contribution is -2.00. The summed E-state index contributed by atoms with van der Waals surface area (Å²) >= 11 is 0. The SMILES string of the molecule is CCC(CC)C(C)=COC=C(C)C(CC)CC. The van der Waals surface area contributed by atoms with Crippen LogP contribution in [-0.4, -0.2) is 0 Å². The highest BCUT2D eigenvalue weighted by Crippen LogP contribution is 2.20. The lowest BCUT2D eigenvalue weighted by atomic mass is 9.96. The Labute approximate surface area is 108 Å². The molecule has 0 rings (SSSR count). The first kappa shape index (κ1) is 16.3. The molecular formula is C16H30O. The normalized spacial score (nSPS) is 13.6. The molecule has 0 bridgehead atoms. The van der Waals surface area contributed by atoms with Gasteiger partial charge in [0.1, 0.15) is 0 Å². The zero-order valence-corrected chi connectivity index (χ0v) is 12.5. The summed E-state index contributed by atoms with van der Waals surface area (Å²) < 4.78 is 5.60. The topological polar surface area (TPSA) is 9.23 Å². The minimum atomic E-state index is 0.664. The second-order valence-corrected chi connectivity index (χ2v) is 4.89. The Hall–Kier alpha value is -0.720. The molecule has 0 aliphatic rings. The van der Waals surface area contributed by atoms with E-state index in [2.05, 4.69) is 41.5 Å². The number of allylic oxidation sites excluding steroid dienone is 2. The number of hydrogen-bond donors (Lipinski definition) is 0. The van der Waals surface area contributed by atoms with Gasteiger partial charge in [0.15, 0.2) is 0 Å². The monoisotopic (exact) mass is 238 g/mol. The summed E-state index contributed by atoms with van der Waals surface area (Å²) in [7, 11) is 0. The third kappa shape index (κ3) is 5.95. The average molecular weight is 238 g/mol. The second kappa shape index (κ2) is 9.32. The molecule has 0 aliphatic carbocycles. The highest BCUT2D eigenvalue weighted by Gasteiger charge is 2.06. The maximum absolute atomic E-state index is 5.60. The van der Waals surface area contributed by atoms with Crippen molar-refractivity contribution >= 4 is 0 Å². The smallest absolute Gasteiger partial charge is 0.0893 e. The van der Waals surface area contributed by atoms with E-state index in [0.29, 0.717) is 11.8 Å². The molecule has 1 heteroatoms. The van der Waals surface area contributed by atoms with Gasteiger partial charge in [-0.05, 0) is 62.5 Å². The summed E-state index contributed by atoms with van der Waals surface area (Å²) in [6, 6.07) is 0. The Morgan fingerprint density at radius 1 is 0.765 bits per heavy atom. The first-order valence-electron chi connectivity index (χ1n) is 7.09. The number of rotatable bonds is 8. The molecule has 0 radical (unpaired) electrons.